The number of nitrogens with one attached hydrogen (secondary N) is 1. The zero-order valence-electron chi connectivity index (χ0n) is 12.6. The molecule has 1 aliphatic rings. The Bertz CT molecular complexity index is 499. The standard InChI is InChI=1S/C16H22N2O3/c1-3-12-4-6-13(7-5-12)18-10-8-14(16(18)20)15(19)17-9-11-21-2/h4-7,14H,3,8-11H2,1-2H3,(H,17,19)/t14-/m1/s1. The highest BCUT2D eigenvalue weighted by Gasteiger charge is 2.37. The van der Waals surface area contributed by atoms with Crippen LogP contribution in [0.4, 0.5) is 5.69 Å². The Hall–Kier alpha value is -1.88. The van der Waals surface area contributed by atoms with Crippen molar-refractivity contribution < 1.29 is 14.3 Å². The van der Waals surface area contributed by atoms with Crippen molar-refractivity contribution in [3.63, 3.8) is 0 Å². The van der Waals surface area contributed by atoms with E-state index >= 15 is 0 Å². The van der Waals surface area contributed by atoms with Gasteiger partial charge in [-0.3, -0.25) is 9.59 Å². The molecule has 0 aliphatic carbocycles. The average molecular weight is 290 g/mol. The Balaban J connectivity index is 1.98. The summed E-state index contributed by atoms with van der Waals surface area (Å²) in [5.41, 5.74) is 2.10. The van der Waals surface area contributed by atoms with Crippen LogP contribution in [-0.4, -0.2) is 38.6 Å². The summed E-state index contributed by atoms with van der Waals surface area (Å²) >= 11 is 0. The molecule has 0 radical (unpaired) electrons. The van der Waals surface area contributed by atoms with Crippen LogP contribution in [0.3, 0.4) is 0 Å². The van der Waals surface area contributed by atoms with E-state index in [4.69, 9.17) is 4.74 Å². The molecule has 1 aromatic rings. The van der Waals surface area contributed by atoms with Gasteiger partial charge in [-0.05, 0) is 30.5 Å². The molecule has 21 heavy (non-hydrogen) atoms. The molecule has 1 saturated heterocycles. The van der Waals surface area contributed by atoms with E-state index in [1.165, 1.54) is 5.56 Å². The lowest BCUT2D eigenvalue weighted by Crippen LogP contribution is -2.38. The van der Waals surface area contributed by atoms with Crippen LogP contribution in [0.1, 0.15) is 18.9 Å². The van der Waals surface area contributed by atoms with Crippen molar-refractivity contribution in [1.29, 1.82) is 0 Å². The third-order valence-electron chi connectivity index (χ3n) is 3.78. The van der Waals surface area contributed by atoms with E-state index in [9.17, 15) is 9.59 Å². The maximum Gasteiger partial charge on any atom is 0.239 e. The maximum absolute atomic E-state index is 12.4. The lowest BCUT2D eigenvalue weighted by Gasteiger charge is -2.17. The second kappa shape index (κ2) is 7.22. The first-order valence-electron chi connectivity index (χ1n) is 7.34. The van der Waals surface area contributed by atoms with Crippen molar-refractivity contribution >= 4 is 17.5 Å². The fourth-order valence-corrected chi connectivity index (χ4v) is 2.49. The zero-order valence-corrected chi connectivity index (χ0v) is 12.6. The van der Waals surface area contributed by atoms with Gasteiger partial charge in [0, 0.05) is 25.9 Å². The van der Waals surface area contributed by atoms with Gasteiger partial charge in [-0.25, -0.2) is 0 Å². The fraction of sp³-hybridized carbons (Fsp3) is 0.500. The molecule has 114 valence electrons. The Labute approximate surface area is 125 Å². The normalized spacial score (nSPS) is 18.1. The lowest BCUT2D eigenvalue weighted by atomic mass is 10.1. The number of amides is 2. The van der Waals surface area contributed by atoms with Gasteiger partial charge in [0.05, 0.1) is 6.61 Å². The van der Waals surface area contributed by atoms with E-state index in [-0.39, 0.29) is 11.8 Å². The molecule has 2 rings (SSSR count). The van der Waals surface area contributed by atoms with E-state index in [2.05, 4.69) is 12.2 Å². The predicted octanol–water partition coefficient (Wildman–Crippen LogP) is 1.36. The van der Waals surface area contributed by atoms with Gasteiger partial charge in [0.15, 0.2) is 0 Å². The molecular formula is C16H22N2O3. The van der Waals surface area contributed by atoms with Crippen LogP contribution in [0.15, 0.2) is 24.3 Å². The quantitative estimate of drug-likeness (QED) is 0.636. The number of hydrogen-bond donors (Lipinski definition) is 1. The summed E-state index contributed by atoms with van der Waals surface area (Å²) in [6.45, 7) is 3.57. The number of carbonyl (C=O) groups excluding carboxylic acids is 2. The molecule has 5 nitrogen and oxygen atoms in total. The van der Waals surface area contributed by atoms with Crippen LogP contribution >= 0.6 is 0 Å². The monoisotopic (exact) mass is 290 g/mol. The zero-order chi connectivity index (χ0) is 15.2. The Kier molecular flexibility index (Phi) is 5.33. The Morgan fingerprint density at radius 1 is 1.38 bits per heavy atom. The van der Waals surface area contributed by atoms with Gasteiger partial charge in [0.2, 0.25) is 11.8 Å². The topological polar surface area (TPSA) is 58.6 Å². The van der Waals surface area contributed by atoms with Gasteiger partial charge in [0.1, 0.15) is 5.92 Å². The van der Waals surface area contributed by atoms with Gasteiger partial charge in [-0.1, -0.05) is 19.1 Å². The van der Waals surface area contributed by atoms with Crippen LogP contribution in [0.25, 0.3) is 0 Å². The van der Waals surface area contributed by atoms with Crippen molar-refractivity contribution in [1.82, 2.24) is 5.32 Å². The summed E-state index contributed by atoms with van der Waals surface area (Å²) in [4.78, 5) is 26.1. The molecule has 1 aliphatic heterocycles. The molecular weight excluding hydrogens is 268 g/mol. The molecule has 0 aromatic heterocycles. The molecule has 0 spiro atoms. The molecule has 0 saturated carbocycles. The van der Waals surface area contributed by atoms with Gasteiger partial charge in [-0.2, -0.15) is 0 Å². The first-order chi connectivity index (χ1) is 10.2. The Morgan fingerprint density at radius 2 is 2.10 bits per heavy atom. The number of nitrogens with zero attached hydrogens (tertiary/aromatic N) is 1. The molecule has 5 heteroatoms. The fourth-order valence-electron chi connectivity index (χ4n) is 2.49. The van der Waals surface area contributed by atoms with E-state index in [1.54, 1.807) is 12.0 Å². The van der Waals surface area contributed by atoms with E-state index < -0.39 is 5.92 Å². The van der Waals surface area contributed by atoms with E-state index in [0.717, 1.165) is 12.1 Å². The molecule has 1 fully saturated rings. The summed E-state index contributed by atoms with van der Waals surface area (Å²) in [5.74, 6) is -0.897. The molecule has 2 amide bonds. The number of hydrogen-bond acceptors (Lipinski definition) is 3. The number of aryl methyl sites for hydroxylation is 1. The minimum Gasteiger partial charge on any atom is -0.383 e. The van der Waals surface area contributed by atoms with Crippen LogP contribution < -0.4 is 10.2 Å². The van der Waals surface area contributed by atoms with Gasteiger partial charge in [0.25, 0.3) is 0 Å². The van der Waals surface area contributed by atoms with Crippen molar-refractivity contribution in [2.24, 2.45) is 5.92 Å². The molecule has 0 unspecified atom stereocenters. The van der Waals surface area contributed by atoms with Crippen LogP contribution in [0, 0.1) is 5.92 Å². The second-order valence-corrected chi connectivity index (χ2v) is 5.13. The first-order valence-corrected chi connectivity index (χ1v) is 7.34. The highest BCUT2D eigenvalue weighted by atomic mass is 16.5. The SMILES string of the molecule is CCc1ccc(N2CC[C@H](C(=O)NCCOC)C2=O)cc1. The number of benzene rings is 1. The smallest absolute Gasteiger partial charge is 0.239 e. The molecule has 1 atom stereocenters. The van der Waals surface area contributed by atoms with Gasteiger partial charge < -0.3 is 15.0 Å². The Morgan fingerprint density at radius 3 is 2.71 bits per heavy atom. The predicted molar refractivity (Wildman–Crippen MR) is 81.2 cm³/mol. The molecule has 1 aromatic carbocycles. The molecule has 1 heterocycles. The molecule has 0 bridgehead atoms. The van der Waals surface area contributed by atoms with Crippen molar-refractivity contribution in [3.8, 4) is 0 Å². The average Bonchev–Trinajstić information content (AvgIpc) is 2.89. The van der Waals surface area contributed by atoms with Crippen LogP contribution in [-0.2, 0) is 20.7 Å². The lowest BCUT2D eigenvalue weighted by molar-refractivity contribution is -0.132. The summed E-state index contributed by atoms with van der Waals surface area (Å²) in [7, 11) is 1.58. The summed E-state index contributed by atoms with van der Waals surface area (Å²) in [5, 5.41) is 2.73. The van der Waals surface area contributed by atoms with Crippen molar-refractivity contribution in [2.45, 2.75) is 19.8 Å². The van der Waals surface area contributed by atoms with Crippen LogP contribution in [0.5, 0.6) is 0 Å². The van der Waals surface area contributed by atoms with E-state index in [1.807, 2.05) is 24.3 Å². The summed E-state index contributed by atoms with van der Waals surface area (Å²) < 4.78 is 4.88. The van der Waals surface area contributed by atoms with Crippen molar-refractivity contribution in [3.05, 3.63) is 29.8 Å². The molecule has 1 N–H and O–H groups in total. The third-order valence-corrected chi connectivity index (χ3v) is 3.78. The minimum absolute atomic E-state index is 0.117. The second-order valence-electron chi connectivity index (χ2n) is 5.13. The largest absolute Gasteiger partial charge is 0.383 e. The van der Waals surface area contributed by atoms with E-state index in [0.29, 0.717) is 26.1 Å². The van der Waals surface area contributed by atoms with Crippen LogP contribution in [0.2, 0.25) is 0 Å². The number of anilines is 1. The minimum atomic E-state index is -0.576. The van der Waals surface area contributed by atoms with Gasteiger partial charge >= 0.3 is 0 Å². The summed E-state index contributed by atoms with van der Waals surface area (Å²) in [6, 6.07) is 7.94. The first kappa shape index (κ1) is 15.5. The van der Waals surface area contributed by atoms with Crippen molar-refractivity contribution in [2.75, 3.05) is 31.7 Å². The highest BCUT2D eigenvalue weighted by molar-refractivity contribution is 6.09. The summed E-state index contributed by atoms with van der Waals surface area (Å²) in [6.07, 6.45) is 1.53. The van der Waals surface area contributed by atoms with Gasteiger partial charge in [-0.15, -0.1) is 0 Å². The number of methoxy groups -OCH3 is 1. The maximum atomic E-state index is 12.4. The number of rotatable bonds is 6. The highest BCUT2D eigenvalue weighted by Crippen LogP contribution is 2.25. The number of carbonyl (C=O) groups is 2. The number of ether oxygens (including phenoxy) is 1. The third kappa shape index (κ3) is 3.61.